The fraction of sp³-hybridized carbons (Fsp3) is 0.0455. The third kappa shape index (κ3) is 3.81. The molecule has 3 aromatic rings. The van der Waals surface area contributed by atoms with Crippen molar-refractivity contribution >= 4 is 51.0 Å². The van der Waals surface area contributed by atoms with E-state index < -0.39 is 17.8 Å². The van der Waals surface area contributed by atoms with Crippen molar-refractivity contribution in [1.29, 1.82) is 0 Å². The van der Waals surface area contributed by atoms with Crippen molar-refractivity contribution in [2.75, 3.05) is 4.90 Å². The van der Waals surface area contributed by atoms with Gasteiger partial charge in [-0.25, -0.2) is 9.69 Å². The van der Waals surface area contributed by atoms with Gasteiger partial charge in [0.05, 0.1) is 22.4 Å². The summed E-state index contributed by atoms with van der Waals surface area (Å²) in [7, 11) is 0. The molecule has 1 aliphatic rings. The predicted molar refractivity (Wildman–Crippen MR) is 112 cm³/mol. The number of ether oxygens (including phenoxy) is 1. The van der Waals surface area contributed by atoms with Gasteiger partial charge in [-0.2, -0.15) is 0 Å². The van der Waals surface area contributed by atoms with E-state index in [1.54, 1.807) is 24.3 Å². The van der Waals surface area contributed by atoms with Crippen molar-refractivity contribution < 1.29 is 19.1 Å². The van der Waals surface area contributed by atoms with Crippen LogP contribution in [0.4, 0.5) is 5.69 Å². The summed E-state index contributed by atoms with van der Waals surface area (Å²) in [6, 6.07) is 18.1. The number of carbonyl (C=O) groups excluding carboxylic acids is 3. The molecule has 1 heterocycles. The molecular weight excluding hydrogens is 458 g/mol. The topological polar surface area (TPSA) is 63.7 Å². The average molecular weight is 471 g/mol. The first-order valence-electron chi connectivity index (χ1n) is 8.64. The van der Waals surface area contributed by atoms with Crippen molar-refractivity contribution in [3.8, 4) is 0 Å². The molecule has 0 N–H and O–H groups in total. The zero-order chi connectivity index (χ0) is 20.5. The number of benzene rings is 3. The van der Waals surface area contributed by atoms with Crippen LogP contribution in [0.5, 0.6) is 0 Å². The molecular formula is C22H13BrClNO4. The highest BCUT2D eigenvalue weighted by molar-refractivity contribution is 9.10. The van der Waals surface area contributed by atoms with Gasteiger partial charge < -0.3 is 4.74 Å². The zero-order valence-corrected chi connectivity index (χ0v) is 17.2. The number of fused-ring (bicyclic) bond motifs is 1. The third-order valence-corrected chi connectivity index (χ3v) is 5.27. The van der Waals surface area contributed by atoms with Crippen LogP contribution < -0.4 is 4.90 Å². The molecule has 5 nitrogen and oxygen atoms in total. The molecule has 3 aromatic carbocycles. The minimum Gasteiger partial charge on any atom is -0.457 e. The monoisotopic (exact) mass is 469 g/mol. The quantitative estimate of drug-likeness (QED) is 0.385. The normalized spacial score (nSPS) is 12.8. The van der Waals surface area contributed by atoms with E-state index in [0.717, 1.165) is 14.9 Å². The Labute approximate surface area is 180 Å². The SMILES string of the molecule is O=C(OCc1ccc(Br)cc1)c1ccc2c(c1)C(=O)N(c1ccc(Cl)cc1)C2=O. The number of anilines is 1. The van der Waals surface area contributed by atoms with Gasteiger partial charge in [-0.05, 0) is 60.2 Å². The van der Waals surface area contributed by atoms with E-state index in [1.807, 2.05) is 24.3 Å². The second kappa shape index (κ2) is 7.81. The van der Waals surface area contributed by atoms with E-state index in [9.17, 15) is 14.4 Å². The lowest BCUT2D eigenvalue weighted by Crippen LogP contribution is -2.29. The lowest BCUT2D eigenvalue weighted by atomic mass is 10.1. The summed E-state index contributed by atoms with van der Waals surface area (Å²) < 4.78 is 6.25. The Kier molecular flexibility index (Phi) is 5.22. The highest BCUT2D eigenvalue weighted by Crippen LogP contribution is 2.30. The van der Waals surface area contributed by atoms with Crippen molar-refractivity contribution in [3.05, 3.63) is 98.5 Å². The van der Waals surface area contributed by atoms with Gasteiger partial charge in [0.1, 0.15) is 6.61 Å². The molecule has 0 bridgehead atoms. The Morgan fingerprint density at radius 3 is 2.24 bits per heavy atom. The Bertz CT molecular complexity index is 1130. The summed E-state index contributed by atoms with van der Waals surface area (Å²) in [5.74, 6) is -1.50. The van der Waals surface area contributed by atoms with Crippen LogP contribution in [0, 0.1) is 0 Å². The number of hydrogen-bond donors (Lipinski definition) is 0. The van der Waals surface area contributed by atoms with Gasteiger partial charge in [-0.15, -0.1) is 0 Å². The minimum absolute atomic E-state index is 0.104. The molecule has 7 heteroatoms. The van der Waals surface area contributed by atoms with Crippen molar-refractivity contribution in [2.24, 2.45) is 0 Å². The Morgan fingerprint density at radius 1 is 0.897 bits per heavy atom. The first kappa shape index (κ1) is 19.4. The Hall–Kier alpha value is -2.96. The number of nitrogens with zero attached hydrogens (tertiary/aromatic N) is 1. The number of hydrogen-bond acceptors (Lipinski definition) is 4. The van der Waals surface area contributed by atoms with Crippen LogP contribution in [-0.4, -0.2) is 17.8 Å². The highest BCUT2D eigenvalue weighted by atomic mass is 79.9. The van der Waals surface area contributed by atoms with Crippen molar-refractivity contribution in [1.82, 2.24) is 0 Å². The first-order valence-corrected chi connectivity index (χ1v) is 9.81. The molecule has 4 rings (SSSR count). The standard InChI is InChI=1S/C22H13BrClNO4/c23-15-4-1-13(2-5-15)12-29-22(28)14-3-10-18-19(11-14)21(27)25(20(18)26)17-8-6-16(24)7-9-17/h1-11H,12H2. The second-order valence-electron chi connectivity index (χ2n) is 6.39. The molecule has 0 unspecified atom stereocenters. The smallest absolute Gasteiger partial charge is 0.338 e. The number of carbonyl (C=O) groups is 3. The van der Waals surface area contributed by atoms with E-state index >= 15 is 0 Å². The molecule has 0 saturated heterocycles. The van der Waals surface area contributed by atoms with Crippen LogP contribution in [0.25, 0.3) is 0 Å². The van der Waals surface area contributed by atoms with Gasteiger partial charge in [-0.1, -0.05) is 39.7 Å². The van der Waals surface area contributed by atoms with Crippen LogP contribution in [0.3, 0.4) is 0 Å². The van der Waals surface area contributed by atoms with Gasteiger partial charge in [0, 0.05) is 9.50 Å². The van der Waals surface area contributed by atoms with Gasteiger partial charge >= 0.3 is 5.97 Å². The maximum absolute atomic E-state index is 12.8. The van der Waals surface area contributed by atoms with Crippen molar-refractivity contribution in [2.45, 2.75) is 6.61 Å². The number of halogens is 2. The van der Waals surface area contributed by atoms with Gasteiger partial charge in [0.15, 0.2) is 0 Å². The maximum atomic E-state index is 12.8. The average Bonchev–Trinajstić information content (AvgIpc) is 2.98. The molecule has 0 aromatic heterocycles. The molecule has 0 aliphatic carbocycles. The van der Waals surface area contributed by atoms with Crippen LogP contribution in [-0.2, 0) is 11.3 Å². The van der Waals surface area contributed by atoms with E-state index in [0.29, 0.717) is 10.7 Å². The molecule has 0 atom stereocenters. The number of rotatable bonds is 4. The van der Waals surface area contributed by atoms with Crippen LogP contribution >= 0.6 is 27.5 Å². The zero-order valence-electron chi connectivity index (χ0n) is 14.9. The lowest BCUT2D eigenvalue weighted by molar-refractivity contribution is 0.0472. The summed E-state index contributed by atoms with van der Waals surface area (Å²) in [6.45, 7) is 0.104. The van der Waals surface area contributed by atoms with E-state index in [2.05, 4.69) is 15.9 Å². The van der Waals surface area contributed by atoms with Crippen LogP contribution in [0.1, 0.15) is 36.6 Å². The summed E-state index contributed by atoms with van der Waals surface area (Å²) >= 11 is 9.22. The molecule has 0 spiro atoms. The molecule has 29 heavy (non-hydrogen) atoms. The van der Waals surface area contributed by atoms with Gasteiger partial charge in [0.25, 0.3) is 11.8 Å². The van der Waals surface area contributed by atoms with Crippen LogP contribution in [0.15, 0.2) is 71.2 Å². The number of imide groups is 1. The molecule has 1 aliphatic heterocycles. The molecule has 2 amide bonds. The van der Waals surface area contributed by atoms with E-state index in [1.165, 1.54) is 18.2 Å². The Balaban J connectivity index is 1.54. The van der Waals surface area contributed by atoms with E-state index in [4.69, 9.17) is 16.3 Å². The summed E-state index contributed by atoms with van der Waals surface area (Å²) in [6.07, 6.45) is 0. The van der Waals surface area contributed by atoms with Crippen molar-refractivity contribution in [3.63, 3.8) is 0 Å². The van der Waals surface area contributed by atoms with Gasteiger partial charge in [0.2, 0.25) is 0 Å². The predicted octanol–water partition coefficient (Wildman–Crippen LogP) is 5.26. The minimum atomic E-state index is -0.569. The summed E-state index contributed by atoms with van der Waals surface area (Å²) in [4.78, 5) is 38.9. The number of amides is 2. The second-order valence-corrected chi connectivity index (χ2v) is 7.74. The largest absolute Gasteiger partial charge is 0.457 e. The summed E-state index contributed by atoms with van der Waals surface area (Å²) in [5, 5.41) is 0.501. The molecule has 0 radical (unpaired) electrons. The molecule has 0 saturated carbocycles. The molecule has 0 fully saturated rings. The van der Waals surface area contributed by atoms with Gasteiger partial charge in [-0.3, -0.25) is 9.59 Å². The fourth-order valence-electron chi connectivity index (χ4n) is 3.01. The lowest BCUT2D eigenvalue weighted by Gasteiger charge is -2.13. The highest BCUT2D eigenvalue weighted by Gasteiger charge is 2.37. The first-order chi connectivity index (χ1) is 13.9. The van der Waals surface area contributed by atoms with Crippen LogP contribution in [0.2, 0.25) is 5.02 Å². The Morgan fingerprint density at radius 2 is 1.55 bits per heavy atom. The maximum Gasteiger partial charge on any atom is 0.338 e. The third-order valence-electron chi connectivity index (χ3n) is 4.49. The number of esters is 1. The fourth-order valence-corrected chi connectivity index (χ4v) is 3.40. The molecule has 144 valence electrons. The summed E-state index contributed by atoms with van der Waals surface area (Å²) in [5.41, 5.74) is 1.88. The van der Waals surface area contributed by atoms with E-state index in [-0.39, 0.29) is 23.3 Å².